The standard InChI is InChI=1S/C6H10N2O3S/c1-8-4(2-3-5(9)10)11-6(12)7-8/h4H,2-3H2,1H3,(H,7,12)(H,9,10). The lowest BCUT2D eigenvalue weighted by Crippen LogP contribution is -2.24. The van der Waals surface area contributed by atoms with Crippen molar-refractivity contribution in [2.45, 2.75) is 19.1 Å². The molecule has 0 bridgehead atoms. The van der Waals surface area contributed by atoms with Gasteiger partial charge in [0, 0.05) is 13.5 Å². The van der Waals surface area contributed by atoms with Crippen LogP contribution >= 0.6 is 12.6 Å². The number of aliphatic carboxylic acids is 1. The van der Waals surface area contributed by atoms with Gasteiger partial charge in [-0.1, -0.05) is 12.6 Å². The number of nitrogens with zero attached hydrogens (tertiary/aromatic N) is 2. The van der Waals surface area contributed by atoms with Crippen LogP contribution in [-0.2, 0) is 9.53 Å². The Morgan fingerprint density at radius 1 is 1.92 bits per heavy atom. The van der Waals surface area contributed by atoms with Gasteiger partial charge in [-0.25, -0.2) is 0 Å². The zero-order valence-corrected chi connectivity index (χ0v) is 7.49. The van der Waals surface area contributed by atoms with Gasteiger partial charge in [0.15, 0.2) is 6.23 Å². The fourth-order valence-corrected chi connectivity index (χ4v) is 1.18. The molecule has 1 atom stereocenters. The maximum atomic E-state index is 10.2. The Balaban J connectivity index is 2.32. The molecule has 0 amide bonds. The van der Waals surface area contributed by atoms with Crippen molar-refractivity contribution in [3.63, 3.8) is 0 Å². The van der Waals surface area contributed by atoms with E-state index in [0.717, 1.165) is 0 Å². The van der Waals surface area contributed by atoms with Crippen molar-refractivity contribution in [2.75, 3.05) is 7.05 Å². The summed E-state index contributed by atoms with van der Waals surface area (Å²) in [5.74, 6) is -0.834. The van der Waals surface area contributed by atoms with Crippen molar-refractivity contribution < 1.29 is 14.6 Å². The van der Waals surface area contributed by atoms with Crippen LogP contribution in [0.2, 0.25) is 0 Å². The highest BCUT2D eigenvalue weighted by molar-refractivity contribution is 7.96. The first-order chi connectivity index (χ1) is 5.59. The molecule has 1 N–H and O–H groups in total. The summed E-state index contributed by atoms with van der Waals surface area (Å²) in [6.07, 6.45) is 0.207. The second-order valence-corrected chi connectivity index (χ2v) is 2.84. The second kappa shape index (κ2) is 3.66. The molecule has 68 valence electrons. The first kappa shape index (κ1) is 9.18. The van der Waals surface area contributed by atoms with Gasteiger partial charge in [-0.05, 0) is 0 Å². The first-order valence-corrected chi connectivity index (χ1v) is 3.93. The molecule has 6 heteroatoms. The van der Waals surface area contributed by atoms with E-state index in [4.69, 9.17) is 9.84 Å². The minimum Gasteiger partial charge on any atom is -0.481 e. The maximum Gasteiger partial charge on any atom is 0.303 e. The van der Waals surface area contributed by atoms with Gasteiger partial charge < -0.3 is 9.84 Å². The molecule has 1 aliphatic rings. The average Bonchev–Trinajstić information content (AvgIpc) is 2.26. The molecule has 0 spiro atoms. The number of carboxylic acids is 1. The molecule has 0 aromatic heterocycles. The molecule has 0 fully saturated rings. The zero-order valence-electron chi connectivity index (χ0n) is 6.60. The molecular weight excluding hydrogens is 180 g/mol. The number of rotatable bonds is 3. The number of hydrogen-bond donors (Lipinski definition) is 2. The Kier molecular flexibility index (Phi) is 2.80. The molecule has 0 radical (unpaired) electrons. The topological polar surface area (TPSA) is 62.1 Å². The van der Waals surface area contributed by atoms with Crippen molar-refractivity contribution in [1.29, 1.82) is 0 Å². The van der Waals surface area contributed by atoms with Gasteiger partial charge in [0.2, 0.25) is 0 Å². The SMILES string of the molecule is CN1N=C(S)OC1CCC(=O)O. The molecule has 0 saturated carbocycles. The highest BCUT2D eigenvalue weighted by atomic mass is 32.1. The van der Waals surface area contributed by atoms with Crippen LogP contribution < -0.4 is 0 Å². The fraction of sp³-hybridized carbons (Fsp3) is 0.667. The average molecular weight is 190 g/mol. The molecule has 1 unspecified atom stereocenters. The van der Waals surface area contributed by atoms with Crippen molar-refractivity contribution in [1.82, 2.24) is 5.01 Å². The first-order valence-electron chi connectivity index (χ1n) is 3.48. The molecule has 1 heterocycles. The van der Waals surface area contributed by atoms with Gasteiger partial charge in [0.1, 0.15) is 0 Å². The fourth-order valence-electron chi connectivity index (χ4n) is 0.914. The van der Waals surface area contributed by atoms with Crippen LogP contribution in [-0.4, -0.2) is 34.6 Å². The van der Waals surface area contributed by atoms with Gasteiger partial charge in [-0.15, -0.1) is 5.10 Å². The van der Waals surface area contributed by atoms with Crippen LogP contribution in [0, 0.1) is 0 Å². The number of ether oxygens (including phenoxy) is 1. The van der Waals surface area contributed by atoms with Crippen molar-refractivity contribution in [3.05, 3.63) is 0 Å². The van der Waals surface area contributed by atoms with E-state index in [2.05, 4.69) is 17.7 Å². The Morgan fingerprint density at radius 2 is 2.58 bits per heavy atom. The lowest BCUT2D eigenvalue weighted by atomic mass is 10.3. The molecule has 0 aromatic carbocycles. The monoisotopic (exact) mass is 190 g/mol. The van der Waals surface area contributed by atoms with Crippen molar-refractivity contribution >= 4 is 23.8 Å². The maximum absolute atomic E-state index is 10.2. The van der Waals surface area contributed by atoms with Crippen molar-refractivity contribution in [2.24, 2.45) is 5.10 Å². The Morgan fingerprint density at radius 3 is 3.00 bits per heavy atom. The van der Waals surface area contributed by atoms with Crippen LogP contribution in [0.15, 0.2) is 5.10 Å². The molecule has 0 aliphatic carbocycles. The number of hydrogen-bond acceptors (Lipinski definition) is 4. The molecule has 0 saturated heterocycles. The van der Waals surface area contributed by atoms with Crippen LogP contribution in [0.25, 0.3) is 0 Å². The third kappa shape index (κ3) is 2.30. The third-order valence-electron chi connectivity index (χ3n) is 1.51. The predicted molar refractivity (Wildman–Crippen MR) is 45.9 cm³/mol. The van der Waals surface area contributed by atoms with E-state index in [-0.39, 0.29) is 17.9 Å². The van der Waals surface area contributed by atoms with E-state index in [9.17, 15) is 4.79 Å². The van der Waals surface area contributed by atoms with Crippen LogP contribution in [0.5, 0.6) is 0 Å². The summed E-state index contributed by atoms with van der Waals surface area (Å²) in [6, 6.07) is 0. The summed E-state index contributed by atoms with van der Waals surface area (Å²) in [6.45, 7) is 0. The number of hydrazone groups is 1. The lowest BCUT2D eigenvalue weighted by molar-refractivity contribution is -0.137. The van der Waals surface area contributed by atoms with Gasteiger partial charge in [0.05, 0.1) is 6.42 Å². The Labute approximate surface area is 75.4 Å². The van der Waals surface area contributed by atoms with Crippen LogP contribution in [0.1, 0.15) is 12.8 Å². The van der Waals surface area contributed by atoms with Gasteiger partial charge >= 0.3 is 5.97 Å². The zero-order chi connectivity index (χ0) is 9.14. The summed E-state index contributed by atoms with van der Waals surface area (Å²) in [5.41, 5.74) is 0. The molecule has 12 heavy (non-hydrogen) atoms. The lowest BCUT2D eigenvalue weighted by Gasteiger charge is -2.15. The predicted octanol–water partition coefficient (Wildman–Crippen LogP) is 0.340. The summed E-state index contributed by atoms with van der Waals surface area (Å²) in [4.78, 5) is 10.2. The summed E-state index contributed by atoms with van der Waals surface area (Å²) in [7, 11) is 1.72. The highest BCUT2D eigenvalue weighted by Gasteiger charge is 2.23. The Hall–Kier alpha value is -0.910. The molecule has 0 aromatic rings. The minimum atomic E-state index is -0.834. The van der Waals surface area contributed by atoms with Gasteiger partial charge in [0.25, 0.3) is 5.23 Å². The van der Waals surface area contributed by atoms with E-state index >= 15 is 0 Å². The van der Waals surface area contributed by atoms with E-state index < -0.39 is 5.97 Å². The second-order valence-electron chi connectivity index (χ2n) is 2.46. The largest absolute Gasteiger partial charge is 0.481 e. The van der Waals surface area contributed by atoms with E-state index in [1.165, 1.54) is 0 Å². The van der Waals surface area contributed by atoms with E-state index in [0.29, 0.717) is 6.42 Å². The molecule has 5 nitrogen and oxygen atoms in total. The number of carbonyl (C=O) groups is 1. The van der Waals surface area contributed by atoms with Crippen molar-refractivity contribution in [3.8, 4) is 0 Å². The van der Waals surface area contributed by atoms with Gasteiger partial charge in [-0.3, -0.25) is 9.80 Å². The van der Waals surface area contributed by atoms with Crippen LogP contribution in [0.3, 0.4) is 0 Å². The highest BCUT2D eigenvalue weighted by Crippen LogP contribution is 2.15. The summed E-state index contributed by atoms with van der Waals surface area (Å²) in [5, 5.41) is 14.1. The third-order valence-corrected chi connectivity index (χ3v) is 1.70. The summed E-state index contributed by atoms with van der Waals surface area (Å²) < 4.78 is 5.10. The molecular formula is C6H10N2O3S. The van der Waals surface area contributed by atoms with Gasteiger partial charge in [-0.2, -0.15) is 0 Å². The van der Waals surface area contributed by atoms with Crippen LogP contribution in [0.4, 0.5) is 0 Å². The number of carboxylic acid groups (broad SMARTS) is 1. The minimum absolute atomic E-state index is 0.0750. The van der Waals surface area contributed by atoms with E-state index in [1.807, 2.05) is 0 Å². The number of thiol groups is 1. The summed E-state index contributed by atoms with van der Waals surface area (Å²) >= 11 is 3.89. The normalized spacial score (nSPS) is 22.0. The Bertz CT molecular complexity index is 219. The quantitative estimate of drug-likeness (QED) is 0.630. The molecule has 1 aliphatic heterocycles. The van der Waals surface area contributed by atoms with E-state index in [1.54, 1.807) is 12.1 Å². The smallest absolute Gasteiger partial charge is 0.303 e. The molecule has 1 rings (SSSR count).